The van der Waals surface area contributed by atoms with Gasteiger partial charge in [-0.2, -0.15) is 0 Å². The van der Waals surface area contributed by atoms with Crippen LogP contribution in [-0.4, -0.2) is 38.9 Å². The Labute approximate surface area is 169 Å². The van der Waals surface area contributed by atoms with Crippen molar-refractivity contribution in [3.05, 3.63) is 46.5 Å². The van der Waals surface area contributed by atoms with Gasteiger partial charge in [0, 0.05) is 55.1 Å². The molecule has 0 bridgehead atoms. The first kappa shape index (κ1) is 19.0. The molecule has 0 radical (unpaired) electrons. The van der Waals surface area contributed by atoms with E-state index < -0.39 is 0 Å². The zero-order chi connectivity index (χ0) is 19.8. The molecule has 1 fully saturated rings. The quantitative estimate of drug-likeness (QED) is 0.770. The minimum absolute atomic E-state index is 0.223. The number of fused-ring (bicyclic) bond motifs is 1. The Morgan fingerprint density at radius 3 is 2.25 bits per heavy atom. The van der Waals surface area contributed by atoms with Crippen LogP contribution < -0.4 is 19.3 Å². The van der Waals surface area contributed by atoms with E-state index >= 15 is 0 Å². The van der Waals surface area contributed by atoms with E-state index in [1.807, 2.05) is 6.92 Å². The molecule has 4 heteroatoms. The van der Waals surface area contributed by atoms with Crippen molar-refractivity contribution in [2.75, 3.05) is 42.6 Å². The summed E-state index contributed by atoms with van der Waals surface area (Å²) in [6, 6.07) is 8.88. The lowest BCUT2D eigenvalue weighted by Crippen LogP contribution is -2.47. The van der Waals surface area contributed by atoms with Crippen molar-refractivity contribution in [2.24, 2.45) is 0 Å². The Morgan fingerprint density at radius 2 is 1.61 bits per heavy atom. The van der Waals surface area contributed by atoms with Gasteiger partial charge in [-0.1, -0.05) is 17.7 Å². The Kier molecular flexibility index (Phi) is 5.13. The number of rotatable bonds is 4. The minimum Gasteiger partial charge on any atom is -0.490 e. The summed E-state index contributed by atoms with van der Waals surface area (Å²) < 4.78 is 12.2. The SMILES string of the molecule is CCOc1c(C)c(N2CCN(c3ccc(C)cc3)CC2)c(C)c2c1OC(C)C2. The summed E-state index contributed by atoms with van der Waals surface area (Å²) in [6.07, 6.45) is 1.19. The lowest BCUT2D eigenvalue weighted by atomic mass is 9.96. The van der Waals surface area contributed by atoms with Crippen molar-refractivity contribution in [3.8, 4) is 11.5 Å². The van der Waals surface area contributed by atoms with Crippen molar-refractivity contribution in [2.45, 2.75) is 47.1 Å². The molecule has 4 rings (SSSR count). The maximum absolute atomic E-state index is 6.13. The number of nitrogens with zero attached hydrogens (tertiary/aromatic N) is 2. The van der Waals surface area contributed by atoms with Crippen LogP contribution in [0, 0.1) is 20.8 Å². The van der Waals surface area contributed by atoms with E-state index in [4.69, 9.17) is 9.47 Å². The maximum Gasteiger partial charge on any atom is 0.166 e. The molecule has 0 amide bonds. The monoisotopic (exact) mass is 380 g/mol. The molecule has 2 aromatic carbocycles. The molecule has 2 aromatic rings. The Hall–Kier alpha value is -2.36. The van der Waals surface area contributed by atoms with E-state index in [0.717, 1.165) is 44.1 Å². The van der Waals surface area contributed by atoms with Gasteiger partial charge in [-0.25, -0.2) is 0 Å². The number of benzene rings is 2. The van der Waals surface area contributed by atoms with Crippen LogP contribution in [-0.2, 0) is 6.42 Å². The van der Waals surface area contributed by atoms with Gasteiger partial charge in [-0.3, -0.25) is 0 Å². The number of hydrogen-bond acceptors (Lipinski definition) is 4. The fraction of sp³-hybridized carbons (Fsp3) is 0.500. The van der Waals surface area contributed by atoms with Crippen LogP contribution >= 0.6 is 0 Å². The summed E-state index contributed by atoms with van der Waals surface area (Å²) in [7, 11) is 0. The van der Waals surface area contributed by atoms with Crippen LogP contribution in [0.25, 0.3) is 0 Å². The smallest absolute Gasteiger partial charge is 0.166 e. The fourth-order valence-corrected chi connectivity index (χ4v) is 4.65. The van der Waals surface area contributed by atoms with Gasteiger partial charge in [0.15, 0.2) is 11.5 Å². The first-order valence-corrected chi connectivity index (χ1v) is 10.5. The van der Waals surface area contributed by atoms with E-state index in [1.165, 1.54) is 33.6 Å². The van der Waals surface area contributed by atoms with Gasteiger partial charge in [0.1, 0.15) is 6.10 Å². The second-order valence-corrected chi connectivity index (χ2v) is 8.11. The standard InChI is InChI=1S/C24H32N2O2/c1-6-27-23-19(5)22(18(4)21-15-17(3)28-24(21)23)26-13-11-25(12-14-26)20-9-7-16(2)8-10-20/h7-10,17H,6,11-15H2,1-5H3. The average Bonchev–Trinajstić information content (AvgIpc) is 3.08. The Morgan fingerprint density at radius 1 is 0.964 bits per heavy atom. The van der Waals surface area contributed by atoms with Crippen LogP contribution in [0.15, 0.2) is 24.3 Å². The minimum atomic E-state index is 0.223. The highest BCUT2D eigenvalue weighted by Gasteiger charge is 2.31. The maximum atomic E-state index is 6.13. The largest absolute Gasteiger partial charge is 0.490 e. The lowest BCUT2D eigenvalue weighted by Gasteiger charge is -2.39. The molecule has 0 N–H and O–H groups in total. The van der Waals surface area contributed by atoms with Gasteiger partial charge < -0.3 is 19.3 Å². The molecular weight excluding hydrogens is 348 g/mol. The summed E-state index contributed by atoms with van der Waals surface area (Å²) in [5, 5.41) is 0. The molecule has 150 valence electrons. The van der Waals surface area contributed by atoms with Gasteiger partial charge in [-0.05, 0) is 52.3 Å². The molecule has 1 atom stereocenters. The van der Waals surface area contributed by atoms with Gasteiger partial charge in [0.25, 0.3) is 0 Å². The van der Waals surface area contributed by atoms with E-state index in [9.17, 15) is 0 Å². The predicted molar refractivity (Wildman–Crippen MR) is 116 cm³/mol. The summed E-state index contributed by atoms with van der Waals surface area (Å²) in [6.45, 7) is 15.6. The second-order valence-electron chi connectivity index (χ2n) is 8.11. The van der Waals surface area contributed by atoms with Crippen LogP contribution in [0.4, 0.5) is 11.4 Å². The van der Waals surface area contributed by atoms with Crippen molar-refractivity contribution in [1.29, 1.82) is 0 Å². The highest BCUT2D eigenvalue weighted by molar-refractivity contribution is 5.73. The molecule has 2 aliphatic heterocycles. The van der Waals surface area contributed by atoms with Crippen LogP contribution in [0.2, 0.25) is 0 Å². The van der Waals surface area contributed by atoms with Gasteiger partial charge in [0.05, 0.1) is 6.61 Å². The van der Waals surface area contributed by atoms with Gasteiger partial charge in [-0.15, -0.1) is 0 Å². The van der Waals surface area contributed by atoms with Crippen LogP contribution in [0.5, 0.6) is 11.5 Å². The van der Waals surface area contributed by atoms with E-state index in [2.05, 4.69) is 61.8 Å². The topological polar surface area (TPSA) is 24.9 Å². The summed E-state index contributed by atoms with van der Waals surface area (Å²) in [4.78, 5) is 5.03. The van der Waals surface area contributed by atoms with Crippen molar-refractivity contribution < 1.29 is 9.47 Å². The number of piperazine rings is 1. The molecule has 2 aliphatic rings. The van der Waals surface area contributed by atoms with Crippen molar-refractivity contribution in [3.63, 3.8) is 0 Å². The average molecular weight is 381 g/mol. The third kappa shape index (κ3) is 3.30. The van der Waals surface area contributed by atoms with E-state index in [1.54, 1.807) is 0 Å². The second kappa shape index (κ2) is 7.57. The Balaban J connectivity index is 1.61. The molecule has 2 heterocycles. The zero-order valence-electron chi connectivity index (χ0n) is 17.8. The zero-order valence-corrected chi connectivity index (χ0v) is 17.8. The third-order valence-corrected chi connectivity index (χ3v) is 6.08. The normalized spacial score (nSPS) is 18.8. The molecule has 28 heavy (non-hydrogen) atoms. The lowest BCUT2D eigenvalue weighted by molar-refractivity contribution is 0.236. The van der Waals surface area contributed by atoms with Crippen LogP contribution in [0.1, 0.15) is 36.1 Å². The molecule has 4 nitrogen and oxygen atoms in total. The summed E-state index contributed by atoms with van der Waals surface area (Å²) in [5.41, 5.74) is 7.90. The number of aryl methyl sites for hydroxylation is 1. The van der Waals surface area contributed by atoms with Crippen molar-refractivity contribution >= 4 is 11.4 Å². The highest BCUT2D eigenvalue weighted by Crippen LogP contribution is 2.47. The molecule has 0 aromatic heterocycles. The van der Waals surface area contributed by atoms with Gasteiger partial charge in [0.2, 0.25) is 0 Å². The number of ether oxygens (including phenoxy) is 2. The van der Waals surface area contributed by atoms with Crippen LogP contribution in [0.3, 0.4) is 0 Å². The molecule has 1 saturated heterocycles. The number of hydrogen-bond donors (Lipinski definition) is 0. The summed E-state index contributed by atoms with van der Waals surface area (Å²) in [5.74, 6) is 1.93. The van der Waals surface area contributed by atoms with E-state index in [-0.39, 0.29) is 6.10 Å². The molecule has 0 saturated carbocycles. The molecule has 1 unspecified atom stereocenters. The fourth-order valence-electron chi connectivity index (χ4n) is 4.65. The number of anilines is 2. The van der Waals surface area contributed by atoms with Gasteiger partial charge >= 0.3 is 0 Å². The van der Waals surface area contributed by atoms with E-state index in [0.29, 0.717) is 6.61 Å². The summed E-state index contributed by atoms with van der Waals surface area (Å²) >= 11 is 0. The first-order chi connectivity index (χ1) is 13.5. The molecular formula is C24H32N2O2. The van der Waals surface area contributed by atoms with Crippen molar-refractivity contribution in [1.82, 2.24) is 0 Å². The highest BCUT2D eigenvalue weighted by atomic mass is 16.5. The molecule has 0 spiro atoms. The first-order valence-electron chi connectivity index (χ1n) is 10.5. The predicted octanol–water partition coefficient (Wildman–Crippen LogP) is 4.66. The third-order valence-electron chi connectivity index (χ3n) is 6.08. The molecule has 0 aliphatic carbocycles. The Bertz CT molecular complexity index is 852.